The molecule has 0 saturated heterocycles. The Morgan fingerprint density at radius 1 is 1.18 bits per heavy atom. The van der Waals surface area contributed by atoms with Crippen LogP contribution in [0.1, 0.15) is 10.4 Å². The van der Waals surface area contributed by atoms with Crippen molar-refractivity contribution in [2.24, 2.45) is 0 Å². The quantitative estimate of drug-likeness (QED) is 0.852. The molecule has 0 aliphatic heterocycles. The minimum atomic E-state index is -2.47. The van der Waals surface area contributed by atoms with E-state index in [1.54, 1.807) is 18.3 Å². The van der Waals surface area contributed by atoms with E-state index in [0.29, 0.717) is 27.9 Å². The van der Waals surface area contributed by atoms with Crippen LogP contribution in [0.25, 0.3) is 0 Å². The standard InChI is InChI=1S/C15H15F2N3OS/c1-20(2)13-8-5-11(9-18-13)19-14(21)10-3-6-12(7-4-10)22-15(16)17/h3-9,15H,1-2H3,(H,19,21). The van der Waals surface area contributed by atoms with Gasteiger partial charge in [0.15, 0.2) is 0 Å². The number of thioether (sulfide) groups is 1. The third kappa shape index (κ3) is 4.42. The number of rotatable bonds is 5. The Labute approximate surface area is 131 Å². The van der Waals surface area contributed by atoms with E-state index in [-0.39, 0.29) is 5.91 Å². The van der Waals surface area contributed by atoms with Gasteiger partial charge in [-0.2, -0.15) is 8.78 Å². The zero-order valence-electron chi connectivity index (χ0n) is 12.1. The summed E-state index contributed by atoms with van der Waals surface area (Å²) in [6.45, 7) is 0. The molecule has 1 aromatic carbocycles. The van der Waals surface area contributed by atoms with Crippen LogP contribution in [0, 0.1) is 0 Å². The van der Waals surface area contributed by atoms with Gasteiger partial charge in [0.05, 0.1) is 11.9 Å². The van der Waals surface area contributed by atoms with Gasteiger partial charge in [0.1, 0.15) is 5.82 Å². The molecule has 1 N–H and O–H groups in total. The number of hydrogen-bond donors (Lipinski definition) is 1. The van der Waals surface area contributed by atoms with Crippen LogP contribution in [0.5, 0.6) is 0 Å². The monoisotopic (exact) mass is 323 g/mol. The molecule has 1 heterocycles. The van der Waals surface area contributed by atoms with Crippen LogP contribution in [0.15, 0.2) is 47.5 Å². The number of nitrogens with zero attached hydrogens (tertiary/aromatic N) is 2. The number of alkyl halides is 2. The van der Waals surface area contributed by atoms with Crippen LogP contribution in [0.3, 0.4) is 0 Å². The summed E-state index contributed by atoms with van der Waals surface area (Å²) in [7, 11) is 3.75. The van der Waals surface area contributed by atoms with Crippen molar-refractivity contribution in [1.29, 1.82) is 0 Å². The second-order valence-electron chi connectivity index (χ2n) is 4.66. The Hall–Kier alpha value is -2.15. The number of hydrogen-bond acceptors (Lipinski definition) is 4. The van der Waals surface area contributed by atoms with Crippen molar-refractivity contribution >= 4 is 29.2 Å². The highest BCUT2D eigenvalue weighted by Gasteiger charge is 2.09. The summed E-state index contributed by atoms with van der Waals surface area (Å²) in [5.41, 5.74) is 0.969. The van der Waals surface area contributed by atoms with Crippen molar-refractivity contribution in [3.8, 4) is 0 Å². The van der Waals surface area contributed by atoms with E-state index in [1.807, 2.05) is 19.0 Å². The summed E-state index contributed by atoms with van der Waals surface area (Å²) < 4.78 is 24.5. The highest BCUT2D eigenvalue weighted by molar-refractivity contribution is 7.99. The smallest absolute Gasteiger partial charge is 0.288 e. The number of aromatic nitrogens is 1. The summed E-state index contributed by atoms with van der Waals surface area (Å²) in [4.78, 5) is 18.5. The lowest BCUT2D eigenvalue weighted by molar-refractivity contribution is 0.102. The third-order valence-corrected chi connectivity index (χ3v) is 3.53. The first-order valence-electron chi connectivity index (χ1n) is 6.45. The summed E-state index contributed by atoms with van der Waals surface area (Å²) in [5.74, 6) is -2.00. The third-order valence-electron chi connectivity index (χ3n) is 2.81. The first-order valence-corrected chi connectivity index (χ1v) is 7.33. The predicted molar refractivity (Wildman–Crippen MR) is 84.8 cm³/mol. The van der Waals surface area contributed by atoms with E-state index in [9.17, 15) is 13.6 Å². The molecular formula is C15H15F2N3OS. The molecule has 116 valence electrons. The van der Waals surface area contributed by atoms with Crippen molar-refractivity contribution < 1.29 is 13.6 Å². The predicted octanol–water partition coefficient (Wildman–Crippen LogP) is 3.71. The average molecular weight is 323 g/mol. The van der Waals surface area contributed by atoms with Crippen molar-refractivity contribution in [3.05, 3.63) is 48.2 Å². The number of halogens is 2. The first-order chi connectivity index (χ1) is 10.5. The largest absolute Gasteiger partial charge is 0.363 e. The topological polar surface area (TPSA) is 45.2 Å². The summed E-state index contributed by atoms with van der Waals surface area (Å²) >= 11 is 0.447. The van der Waals surface area contributed by atoms with E-state index < -0.39 is 5.76 Å². The molecule has 0 spiro atoms. The minimum Gasteiger partial charge on any atom is -0.363 e. The molecule has 2 rings (SSSR count). The number of amides is 1. The maximum Gasteiger partial charge on any atom is 0.288 e. The normalized spacial score (nSPS) is 10.6. The SMILES string of the molecule is CN(C)c1ccc(NC(=O)c2ccc(SC(F)F)cc2)cn1. The number of benzene rings is 1. The Bertz CT molecular complexity index is 630. The molecule has 0 fully saturated rings. The fourth-order valence-electron chi connectivity index (χ4n) is 1.72. The molecular weight excluding hydrogens is 308 g/mol. The number of nitrogens with one attached hydrogen (secondary N) is 1. The lowest BCUT2D eigenvalue weighted by Gasteiger charge is -2.11. The first kappa shape index (κ1) is 16.2. The second-order valence-corrected chi connectivity index (χ2v) is 5.72. The van der Waals surface area contributed by atoms with Gasteiger partial charge in [0.2, 0.25) is 0 Å². The van der Waals surface area contributed by atoms with Crippen LogP contribution in [0.4, 0.5) is 20.3 Å². The van der Waals surface area contributed by atoms with Crippen LogP contribution < -0.4 is 10.2 Å². The van der Waals surface area contributed by atoms with Gasteiger partial charge < -0.3 is 10.2 Å². The van der Waals surface area contributed by atoms with Crippen molar-refractivity contribution in [2.75, 3.05) is 24.3 Å². The second kappa shape index (κ2) is 7.22. The Morgan fingerprint density at radius 2 is 1.86 bits per heavy atom. The molecule has 0 unspecified atom stereocenters. The van der Waals surface area contributed by atoms with Gasteiger partial charge in [-0.15, -0.1) is 0 Å². The lowest BCUT2D eigenvalue weighted by Crippen LogP contribution is -2.13. The molecule has 0 aliphatic rings. The molecule has 0 bridgehead atoms. The number of pyridine rings is 1. The van der Waals surface area contributed by atoms with Gasteiger partial charge in [-0.25, -0.2) is 4.98 Å². The average Bonchev–Trinajstić information content (AvgIpc) is 2.48. The molecule has 0 atom stereocenters. The van der Waals surface area contributed by atoms with Crippen molar-refractivity contribution in [3.63, 3.8) is 0 Å². The zero-order chi connectivity index (χ0) is 16.1. The molecule has 0 radical (unpaired) electrons. The minimum absolute atomic E-state index is 0.312. The molecule has 22 heavy (non-hydrogen) atoms. The Balaban J connectivity index is 2.02. The van der Waals surface area contributed by atoms with Crippen molar-refractivity contribution in [2.45, 2.75) is 10.7 Å². The summed E-state index contributed by atoms with van der Waals surface area (Å²) in [6, 6.07) is 9.57. The van der Waals surface area contributed by atoms with Gasteiger partial charge in [-0.3, -0.25) is 4.79 Å². The maximum absolute atomic E-state index is 12.2. The fraction of sp³-hybridized carbons (Fsp3) is 0.200. The highest BCUT2D eigenvalue weighted by Crippen LogP contribution is 2.25. The highest BCUT2D eigenvalue weighted by atomic mass is 32.2. The molecule has 4 nitrogen and oxygen atoms in total. The summed E-state index contributed by atoms with van der Waals surface area (Å²) in [6.07, 6.45) is 1.56. The summed E-state index contributed by atoms with van der Waals surface area (Å²) in [5, 5.41) is 2.71. The van der Waals surface area contributed by atoms with E-state index in [0.717, 1.165) is 5.82 Å². The molecule has 7 heteroatoms. The molecule has 1 amide bonds. The van der Waals surface area contributed by atoms with Crippen LogP contribution in [-0.2, 0) is 0 Å². The number of anilines is 2. The lowest BCUT2D eigenvalue weighted by atomic mass is 10.2. The van der Waals surface area contributed by atoms with Crippen molar-refractivity contribution in [1.82, 2.24) is 4.98 Å². The molecule has 0 aliphatic carbocycles. The zero-order valence-corrected chi connectivity index (χ0v) is 12.9. The van der Waals surface area contributed by atoms with E-state index in [4.69, 9.17) is 0 Å². The van der Waals surface area contributed by atoms with Gasteiger partial charge >= 0.3 is 0 Å². The van der Waals surface area contributed by atoms with E-state index in [1.165, 1.54) is 24.3 Å². The number of carbonyl (C=O) groups excluding carboxylic acids is 1. The fourth-order valence-corrected chi connectivity index (χ4v) is 2.21. The molecule has 1 aromatic heterocycles. The van der Waals surface area contributed by atoms with Crippen LogP contribution in [-0.4, -0.2) is 30.7 Å². The maximum atomic E-state index is 12.2. The van der Waals surface area contributed by atoms with Crippen LogP contribution in [0.2, 0.25) is 0 Å². The van der Waals surface area contributed by atoms with Crippen LogP contribution >= 0.6 is 11.8 Å². The van der Waals surface area contributed by atoms with Gasteiger partial charge in [-0.1, -0.05) is 11.8 Å². The van der Waals surface area contributed by atoms with E-state index in [2.05, 4.69) is 10.3 Å². The number of carbonyl (C=O) groups is 1. The Morgan fingerprint density at radius 3 is 2.36 bits per heavy atom. The van der Waals surface area contributed by atoms with Gasteiger partial charge in [-0.05, 0) is 36.4 Å². The van der Waals surface area contributed by atoms with E-state index >= 15 is 0 Å². The van der Waals surface area contributed by atoms with Gasteiger partial charge in [0.25, 0.3) is 11.7 Å². The molecule has 2 aromatic rings. The van der Waals surface area contributed by atoms with Gasteiger partial charge in [0, 0.05) is 24.6 Å². The Kier molecular flexibility index (Phi) is 5.32. The molecule has 0 saturated carbocycles.